The van der Waals surface area contributed by atoms with Crippen LogP contribution in [0.3, 0.4) is 0 Å². The Morgan fingerprint density at radius 2 is 2.06 bits per heavy atom. The fourth-order valence-electron chi connectivity index (χ4n) is 1.28. The van der Waals surface area contributed by atoms with Crippen molar-refractivity contribution in [2.45, 2.75) is 12.2 Å². The first-order chi connectivity index (χ1) is 7.47. The third-order valence-electron chi connectivity index (χ3n) is 2.12. The number of aliphatic hydroxyl groups is 2. The fraction of sp³-hybridized carbons (Fsp3) is 0.300. The zero-order valence-corrected chi connectivity index (χ0v) is 9.06. The summed E-state index contributed by atoms with van der Waals surface area (Å²) in [5.41, 5.74) is -0.399. The number of carboxylic acid groups (broad SMARTS) is 1. The molecule has 0 fully saturated rings. The third kappa shape index (κ3) is 2.72. The molecule has 3 N–H and O–H groups in total. The van der Waals surface area contributed by atoms with E-state index in [-0.39, 0.29) is 16.9 Å². The predicted octanol–water partition coefficient (Wildman–Crippen LogP) is 0.848. The maximum atomic E-state index is 12.8. The fourth-order valence-corrected chi connectivity index (χ4v) is 1.48. The van der Waals surface area contributed by atoms with Crippen LogP contribution in [0, 0.1) is 5.82 Å². The number of thiol groups is 1. The third-order valence-corrected chi connectivity index (χ3v) is 2.49. The lowest BCUT2D eigenvalue weighted by Crippen LogP contribution is -2.22. The maximum absolute atomic E-state index is 12.8. The Labute approximate surface area is 96.8 Å². The molecule has 4 nitrogen and oxygen atoms in total. The molecule has 1 aromatic rings. The van der Waals surface area contributed by atoms with Gasteiger partial charge < -0.3 is 15.3 Å². The maximum Gasteiger partial charge on any atom is 0.336 e. The molecule has 0 spiro atoms. The van der Waals surface area contributed by atoms with E-state index in [1.165, 1.54) is 0 Å². The molecule has 0 radical (unpaired) electrons. The van der Waals surface area contributed by atoms with Gasteiger partial charge in [-0.25, -0.2) is 9.18 Å². The van der Waals surface area contributed by atoms with E-state index in [4.69, 9.17) is 5.11 Å². The molecule has 1 rings (SSSR count). The van der Waals surface area contributed by atoms with Crippen molar-refractivity contribution < 1.29 is 24.5 Å². The number of aromatic carboxylic acids is 1. The van der Waals surface area contributed by atoms with Crippen molar-refractivity contribution in [2.24, 2.45) is 0 Å². The van der Waals surface area contributed by atoms with Gasteiger partial charge in [-0.1, -0.05) is 6.07 Å². The SMILES string of the molecule is O=C(O)c1cc(F)ccc1C(O)C(O)CS. The van der Waals surface area contributed by atoms with Gasteiger partial charge in [0, 0.05) is 5.75 Å². The molecule has 0 saturated heterocycles. The van der Waals surface area contributed by atoms with Crippen molar-refractivity contribution in [3.63, 3.8) is 0 Å². The minimum Gasteiger partial charge on any atom is -0.478 e. The first-order valence-electron chi connectivity index (χ1n) is 4.47. The number of carbonyl (C=O) groups is 1. The molecular weight excluding hydrogens is 235 g/mol. The predicted molar refractivity (Wildman–Crippen MR) is 58.2 cm³/mol. The van der Waals surface area contributed by atoms with E-state index in [9.17, 15) is 19.4 Å². The summed E-state index contributed by atoms with van der Waals surface area (Å²) in [4.78, 5) is 10.8. The molecule has 0 aromatic heterocycles. The number of halogens is 1. The first-order valence-corrected chi connectivity index (χ1v) is 5.10. The summed E-state index contributed by atoms with van der Waals surface area (Å²) >= 11 is 3.78. The van der Waals surface area contributed by atoms with E-state index in [1.54, 1.807) is 0 Å². The van der Waals surface area contributed by atoms with Gasteiger partial charge in [0.1, 0.15) is 11.9 Å². The Bertz CT molecular complexity index is 396. The van der Waals surface area contributed by atoms with E-state index < -0.39 is 24.0 Å². The zero-order valence-electron chi connectivity index (χ0n) is 8.17. The number of rotatable bonds is 4. The summed E-state index contributed by atoms with van der Waals surface area (Å²) in [5.74, 6) is -2.11. The van der Waals surface area contributed by atoms with Crippen LogP contribution >= 0.6 is 12.6 Å². The topological polar surface area (TPSA) is 77.8 Å². The molecule has 0 amide bonds. The van der Waals surface area contributed by atoms with E-state index >= 15 is 0 Å². The van der Waals surface area contributed by atoms with Crippen molar-refractivity contribution in [3.05, 3.63) is 35.1 Å². The van der Waals surface area contributed by atoms with Crippen LogP contribution in [0.25, 0.3) is 0 Å². The second-order valence-electron chi connectivity index (χ2n) is 3.23. The molecule has 0 aliphatic carbocycles. The van der Waals surface area contributed by atoms with E-state index in [1.807, 2.05) is 0 Å². The minimum absolute atomic E-state index is 0.0302. The number of hydrogen-bond acceptors (Lipinski definition) is 4. The molecule has 0 bridgehead atoms. The molecule has 16 heavy (non-hydrogen) atoms. The molecule has 0 aliphatic heterocycles. The highest BCUT2D eigenvalue weighted by Gasteiger charge is 2.23. The first kappa shape index (κ1) is 13.0. The molecule has 0 saturated carbocycles. The molecule has 2 atom stereocenters. The van der Waals surface area contributed by atoms with Crippen LogP contribution in [-0.2, 0) is 0 Å². The average molecular weight is 246 g/mol. The van der Waals surface area contributed by atoms with Crippen LogP contribution in [0.5, 0.6) is 0 Å². The van der Waals surface area contributed by atoms with E-state index in [0.717, 1.165) is 18.2 Å². The van der Waals surface area contributed by atoms with Crippen LogP contribution in [0.4, 0.5) is 4.39 Å². The summed E-state index contributed by atoms with van der Waals surface area (Å²) in [5, 5.41) is 27.8. The smallest absolute Gasteiger partial charge is 0.336 e. The van der Waals surface area contributed by atoms with Crippen LogP contribution in [0.1, 0.15) is 22.0 Å². The van der Waals surface area contributed by atoms with Crippen LogP contribution in [0.2, 0.25) is 0 Å². The van der Waals surface area contributed by atoms with Gasteiger partial charge in [-0.2, -0.15) is 12.6 Å². The quantitative estimate of drug-likeness (QED) is 0.594. The normalized spacial score (nSPS) is 14.5. The lowest BCUT2D eigenvalue weighted by molar-refractivity contribution is 0.0322. The standard InChI is InChI=1S/C10H11FO4S/c11-5-1-2-6(7(3-5)10(14)15)9(13)8(12)4-16/h1-3,8-9,12-13,16H,4H2,(H,14,15). The van der Waals surface area contributed by atoms with Gasteiger partial charge in [0.25, 0.3) is 0 Å². The van der Waals surface area contributed by atoms with Gasteiger partial charge in [-0.15, -0.1) is 0 Å². The van der Waals surface area contributed by atoms with Gasteiger partial charge >= 0.3 is 5.97 Å². The second kappa shape index (κ2) is 5.29. The number of hydrogen-bond donors (Lipinski definition) is 4. The van der Waals surface area contributed by atoms with E-state index in [0.29, 0.717) is 0 Å². The molecule has 88 valence electrons. The Kier molecular flexibility index (Phi) is 4.28. The summed E-state index contributed by atoms with van der Waals surface area (Å²) in [6.07, 6.45) is -2.60. The van der Waals surface area contributed by atoms with Crippen LogP contribution < -0.4 is 0 Å². The highest BCUT2D eigenvalue weighted by Crippen LogP contribution is 2.22. The number of benzene rings is 1. The Balaban J connectivity index is 3.17. The summed E-state index contributed by atoms with van der Waals surface area (Å²) in [7, 11) is 0. The highest BCUT2D eigenvalue weighted by molar-refractivity contribution is 7.80. The van der Waals surface area contributed by atoms with Crippen molar-refractivity contribution in [1.29, 1.82) is 0 Å². The minimum atomic E-state index is -1.40. The van der Waals surface area contributed by atoms with Gasteiger partial charge in [0.2, 0.25) is 0 Å². The molecular formula is C10H11FO4S. The lowest BCUT2D eigenvalue weighted by atomic mass is 9.99. The Morgan fingerprint density at radius 1 is 1.44 bits per heavy atom. The van der Waals surface area contributed by atoms with Crippen LogP contribution in [-0.4, -0.2) is 33.1 Å². The van der Waals surface area contributed by atoms with Crippen molar-refractivity contribution in [2.75, 3.05) is 5.75 Å². The molecule has 2 unspecified atom stereocenters. The average Bonchev–Trinajstić information content (AvgIpc) is 2.26. The lowest BCUT2D eigenvalue weighted by Gasteiger charge is -2.17. The van der Waals surface area contributed by atoms with Crippen molar-refractivity contribution in [1.82, 2.24) is 0 Å². The van der Waals surface area contributed by atoms with Crippen molar-refractivity contribution in [3.8, 4) is 0 Å². The monoisotopic (exact) mass is 246 g/mol. The van der Waals surface area contributed by atoms with Crippen molar-refractivity contribution >= 4 is 18.6 Å². The van der Waals surface area contributed by atoms with Gasteiger partial charge in [0.05, 0.1) is 11.7 Å². The summed E-state index contributed by atoms with van der Waals surface area (Å²) in [6, 6.07) is 2.96. The second-order valence-corrected chi connectivity index (χ2v) is 3.60. The zero-order chi connectivity index (χ0) is 12.3. The molecule has 1 aromatic carbocycles. The highest BCUT2D eigenvalue weighted by atomic mass is 32.1. The van der Waals surface area contributed by atoms with Gasteiger partial charge in [-0.3, -0.25) is 0 Å². The Morgan fingerprint density at radius 3 is 2.56 bits per heavy atom. The number of carboxylic acids is 1. The summed E-state index contributed by atoms with van der Waals surface area (Å²) < 4.78 is 12.8. The summed E-state index contributed by atoms with van der Waals surface area (Å²) in [6.45, 7) is 0. The molecule has 0 aliphatic rings. The number of aliphatic hydroxyl groups excluding tert-OH is 2. The Hall–Kier alpha value is -1.11. The van der Waals surface area contributed by atoms with E-state index in [2.05, 4.69) is 12.6 Å². The van der Waals surface area contributed by atoms with Crippen LogP contribution in [0.15, 0.2) is 18.2 Å². The largest absolute Gasteiger partial charge is 0.478 e. The van der Waals surface area contributed by atoms with Gasteiger partial charge in [0.15, 0.2) is 0 Å². The van der Waals surface area contributed by atoms with Gasteiger partial charge in [-0.05, 0) is 17.7 Å². The molecule has 0 heterocycles. The molecule has 6 heteroatoms.